The molecule has 86 heavy (non-hydrogen) atoms. The molecule has 0 amide bonds. The van der Waals surface area contributed by atoms with E-state index in [0.29, 0.717) is 38.5 Å². The maximum absolute atomic E-state index is 14.9. The standard InChI is InChI=1S/C65H100O21/c1-10-12-13-14-18-21-39(38(69)20-17-15-16-19-35(68)11-2)80-55(78)53-49(74)50(75)54(85-56-51(76)47(72)45(70)40(33-66)81-56)58(84-53)83-44-25-26-62(7)42(61(44,5)6)24-27-64(9)43(62)23-22-36-37-32-60(3,4)28-30-65(37,31-29-63(36,64)8)59(79)86-57-52(77)48(73)46(71)41(34-67)82-57/h11,22,35,37-54,56-58,66-77H,2,10,12-14,18,20-21,23-34H2,1,3-9H3. The van der Waals surface area contributed by atoms with Gasteiger partial charge in [-0.15, -0.1) is 0 Å². The van der Waals surface area contributed by atoms with Crippen molar-refractivity contribution in [1.29, 1.82) is 0 Å². The van der Waals surface area contributed by atoms with Gasteiger partial charge in [0, 0.05) is 6.42 Å². The minimum atomic E-state index is -2.03. The molecule has 0 aromatic rings. The van der Waals surface area contributed by atoms with E-state index in [4.69, 9.17) is 33.2 Å². The molecule has 0 spiro atoms. The summed E-state index contributed by atoms with van der Waals surface area (Å²) in [5, 5.41) is 130. The van der Waals surface area contributed by atoms with E-state index in [0.717, 1.165) is 57.8 Å². The lowest BCUT2D eigenvalue weighted by Crippen LogP contribution is -2.67. The predicted octanol–water partition coefficient (Wildman–Crippen LogP) is 2.73. The molecule has 8 rings (SSSR count). The minimum absolute atomic E-state index is 0.0283. The zero-order chi connectivity index (χ0) is 63.1. The number of esters is 2. The average Bonchev–Trinajstić information content (AvgIpc) is 0.679. The number of unbranched alkanes of at least 4 members (excludes halogenated alkanes) is 4. The molecule has 0 bridgehead atoms. The zero-order valence-corrected chi connectivity index (χ0v) is 51.5. The molecule has 21 heteroatoms. The lowest BCUT2D eigenvalue weighted by Gasteiger charge is -2.71. The molecule has 0 radical (unpaired) electrons. The Labute approximate surface area is 506 Å². The molecule has 5 aliphatic carbocycles. The van der Waals surface area contributed by atoms with Gasteiger partial charge in [0.05, 0.1) is 24.7 Å². The van der Waals surface area contributed by atoms with Crippen LogP contribution >= 0.6 is 0 Å². The number of hydrogen-bond acceptors (Lipinski definition) is 21. The van der Waals surface area contributed by atoms with Gasteiger partial charge in [-0.3, -0.25) is 4.79 Å². The van der Waals surface area contributed by atoms with Gasteiger partial charge in [-0.1, -0.05) is 117 Å². The summed E-state index contributed by atoms with van der Waals surface area (Å²) >= 11 is 0. The maximum atomic E-state index is 14.9. The second-order valence-corrected chi connectivity index (χ2v) is 28.4. The van der Waals surface area contributed by atoms with Gasteiger partial charge in [0.25, 0.3) is 0 Å². The highest BCUT2D eigenvalue weighted by molar-refractivity contribution is 5.79. The molecule has 21 nitrogen and oxygen atoms in total. The van der Waals surface area contributed by atoms with Crippen molar-refractivity contribution in [3.05, 3.63) is 24.3 Å². The fourth-order valence-corrected chi connectivity index (χ4v) is 17.0. The number of hydrogen-bond donors (Lipinski definition) is 12. The number of aliphatic hydroxyl groups is 12. The maximum Gasteiger partial charge on any atom is 0.338 e. The van der Waals surface area contributed by atoms with Crippen LogP contribution in [0.15, 0.2) is 24.3 Å². The van der Waals surface area contributed by atoms with Gasteiger partial charge in [0.2, 0.25) is 6.29 Å². The summed E-state index contributed by atoms with van der Waals surface area (Å²) in [4.78, 5) is 29.3. The van der Waals surface area contributed by atoms with Crippen molar-refractivity contribution < 1.29 is 104 Å². The number of carbonyl (C=O) groups excluding carboxylic acids is 2. The molecule has 26 atom stereocenters. The van der Waals surface area contributed by atoms with E-state index < -0.39 is 153 Å². The van der Waals surface area contributed by atoms with Gasteiger partial charge in [-0.2, -0.15) is 0 Å². The van der Waals surface area contributed by atoms with Crippen LogP contribution in [0.2, 0.25) is 0 Å². The second-order valence-electron chi connectivity index (χ2n) is 28.4. The van der Waals surface area contributed by atoms with Crippen LogP contribution in [-0.2, 0) is 42.7 Å². The van der Waals surface area contributed by atoms with Crippen LogP contribution in [0.1, 0.15) is 165 Å². The van der Waals surface area contributed by atoms with E-state index in [1.807, 2.05) is 0 Å². The monoisotopic (exact) mass is 1220 g/mol. The Morgan fingerprint density at radius 1 is 0.709 bits per heavy atom. The third kappa shape index (κ3) is 13.0. The van der Waals surface area contributed by atoms with Crippen molar-refractivity contribution >= 4 is 11.9 Å². The molecule has 3 aliphatic heterocycles. The van der Waals surface area contributed by atoms with Gasteiger partial charge in [0.1, 0.15) is 85.5 Å². The molecule has 8 aliphatic rings. The lowest BCUT2D eigenvalue weighted by atomic mass is 9.33. The van der Waals surface area contributed by atoms with Gasteiger partial charge in [0.15, 0.2) is 18.7 Å². The summed E-state index contributed by atoms with van der Waals surface area (Å²) in [6.45, 7) is 20.0. The van der Waals surface area contributed by atoms with E-state index in [2.05, 4.69) is 91.7 Å². The Morgan fingerprint density at radius 2 is 1.35 bits per heavy atom. The molecular weight excluding hydrogens is 1120 g/mol. The fourth-order valence-electron chi connectivity index (χ4n) is 17.0. The summed E-state index contributed by atoms with van der Waals surface area (Å²) in [6.07, 6.45) is -15.4. The van der Waals surface area contributed by atoms with Crippen molar-refractivity contribution in [3.63, 3.8) is 0 Å². The first kappa shape index (κ1) is 68.8. The Kier molecular flexibility index (Phi) is 21.9. The summed E-state index contributed by atoms with van der Waals surface area (Å²) in [5.41, 5.74) is -1.34. The molecule has 0 aromatic heterocycles. The quantitative estimate of drug-likeness (QED) is 0.0291. The lowest BCUT2D eigenvalue weighted by molar-refractivity contribution is -0.375. The Balaban J connectivity index is 1.05. The highest BCUT2D eigenvalue weighted by Gasteiger charge is 2.70. The van der Waals surface area contributed by atoms with Crippen molar-refractivity contribution in [2.24, 2.45) is 50.2 Å². The second kappa shape index (κ2) is 27.4. The van der Waals surface area contributed by atoms with E-state index >= 15 is 0 Å². The largest absolute Gasteiger partial charge is 0.458 e. The smallest absolute Gasteiger partial charge is 0.338 e. The first-order chi connectivity index (χ1) is 40.5. The summed E-state index contributed by atoms with van der Waals surface area (Å²) in [5.74, 6) is 8.65. The normalized spacial score (nSPS) is 44.3. The third-order valence-corrected chi connectivity index (χ3v) is 22.5. The van der Waals surface area contributed by atoms with Crippen molar-refractivity contribution in [1.82, 2.24) is 0 Å². The summed E-state index contributed by atoms with van der Waals surface area (Å²) in [7, 11) is 0. The average molecular weight is 1220 g/mol. The van der Waals surface area contributed by atoms with Crippen molar-refractivity contribution in [3.8, 4) is 23.7 Å². The Morgan fingerprint density at radius 3 is 2.00 bits per heavy atom. The summed E-state index contributed by atoms with van der Waals surface area (Å²) < 4.78 is 43.0. The van der Waals surface area contributed by atoms with Gasteiger partial charge in [-0.05, 0) is 134 Å². The molecular formula is C65H100O21. The minimum Gasteiger partial charge on any atom is -0.458 e. The SMILES string of the molecule is C=CC(O)C#CC#CCC(O)C(CCCCCCC)OC(=O)C1OC(OC2CCC3(C)C(CCC4(C)C3CC=C3C5CC(C)(C)CCC5(C(=O)OC5OC(CO)C(O)C(O)C5O)CCC34C)C2(C)C)C(OC2OC(CO)C(O)C(O)C2O)C(O)C1O. The molecule has 12 N–H and O–H groups in total. The number of carbonyl (C=O) groups is 2. The molecule has 7 fully saturated rings. The number of rotatable bonds is 19. The van der Waals surface area contributed by atoms with Crippen LogP contribution in [0.4, 0.5) is 0 Å². The third-order valence-electron chi connectivity index (χ3n) is 22.5. The first-order valence-corrected chi connectivity index (χ1v) is 31.5. The number of allylic oxidation sites excluding steroid dienone is 2. The van der Waals surface area contributed by atoms with Crippen LogP contribution in [0.3, 0.4) is 0 Å². The number of fused-ring (bicyclic) bond motifs is 7. The van der Waals surface area contributed by atoms with Crippen LogP contribution in [0.5, 0.6) is 0 Å². The van der Waals surface area contributed by atoms with Gasteiger partial charge >= 0.3 is 11.9 Å². The van der Waals surface area contributed by atoms with E-state index in [9.17, 15) is 70.9 Å². The van der Waals surface area contributed by atoms with E-state index in [-0.39, 0.29) is 52.3 Å². The highest BCUT2D eigenvalue weighted by Crippen LogP contribution is 2.76. The van der Waals surface area contributed by atoms with E-state index in [1.54, 1.807) is 0 Å². The summed E-state index contributed by atoms with van der Waals surface area (Å²) in [6, 6.07) is 0. The zero-order valence-electron chi connectivity index (χ0n) is 51.5. The van der Waals surface area contributed by atoms with Gasteiger partial charge < -0.3 is 94.4 Å². The fraction of sp³-hybridized carbons (Fsp3) is 0.846. The molecule has 3 saturated heterocycles. The van der Waals surface area contributed by atoms with Crippen molar-refractivity contribution in [2.45, 2.75) is 281 Å². The molecule has 0 aromatic carbocycles. The molecule has 26 unspecified atom stereocenters. The van der Waals surface area contributed by atoms with Gasteiger partial charge in [-0.25, -0.2) is 4.79 Å². The predicted molar refractivity (Wildman–Crippen MR) is 309 cm³/mol. The van der Waals surface area contributed by atoms with E-state index in [1.165, 1.54) is 11.6 Å². The van der Waals surface area contributed by atoms with Crippen LogP contribution in [0, 0.1) is 73.9 Å². The highest BCUT2D eigenvalue weighted by atomic mass is 16.8. The van der Waals surface area contributed by atoms with Crippen molar-refractivity contribution in [2.75, 3.05) is 13.2 Å². The van der Waals surface area contributed by atoms with Crippen LogP contribution in [-0.4, -0.2) is 203 Å². The molecule has 3 heterocycles. The topological polar surface area (TPSA) is 342 Å². The number of ether oxygens (including phenoxy) is 7. The molecule has 486 valence electrons. The first-order valence-electron chi connectivity index (χ1n) is 31.5. The number of aliphatic hydroxyl groups excluding tert-OH is 12. The van der Waals surface area contributed by atoms with Crippen LogP contribution in [0.25, 0.3) is 0 Å². The van der Waals surface area contributed by atoms with Crippen LogP contribution < -0.4 is 0 Å². The Hall–Kier alpha value is -3.14. The Bertz CT molecular complexity index is 2510. The molecule has 4 saturated carbocycles.